The average molecular weight is 423 g/mol. The Labute approximate surface area is 184 Å². The largest absolute Gasteiger partial charge is 0.466 e. The highest BCUT2D eigenvalue weighted by Crippen LogP contribution is 2.71. The summed E-state index contributed by atoms with van der Waals surface area (Å²) in [5.41, 5.74) is 1.25. The monoisotopic (exact) mass is 422 g/mol. The van der Waals surface area contributed by atoms with Crippen molar-refractivity contribution in [2.75, 3.05) is 0 Å². The fraction of sp³-hybridized carbons (Fsp3) is 0.704. The van der Waals surface area contributed by atoms with Crippen molar-refractivity contribution in [3.8, 4) is 0 Å². The molecule has 4 aliphatic carbocycles. The molecule has 4 heteroatoms. The number of hydrogen-bond donors (Lipinski definition) is 0. The second-order valence-electron chi connectivity index (χ2n) is 11.6. The van der Waals surface area contributed by atoms with Crippen molar-refractivity contribution in [1.29, 1.82) is 0 Å². The zero-order chi connectivity index (χ0) is 21.6. The van der Waals surface area contributed by atoms with Gasteiger partial charge in [-0.1, -0.05) is 19.4 Å². The lowest BCUT2D eigenvalue weighted by Gasteiger charge is -2.61. The van der Waals surface area contributed by atoms with Gasteiger partial charge >= 0.3 is 5.97 Å². The van der Waals surface area contributed by atoms with Gasteiger partial charge in [-0.25, -0.2) is 0 Å². The molecule has 0 unspecified atom stereocenters. The van der Waals surface area contributed by atoms with E-state index in [1.165, 1.54) is 5.57 Å². The van der Waals surface area contributed by atoms with E-state index in [-0.39, 0.29) is 22.4 Å². The van der Waals surface area contributed by atoms with Crippen molar-refractivity contribution >= 4 is 11.8 Å². The van der Waals surface area contributed by atoms with Crippen LogP contribution in [0, 0.1) is 35.5 Å². The highest BCUT2D eigenvalue weighted by atomic mass is 16.6. The van der Waals surface area contributed by atoms with Crippen LogP contribution < -0.4 is 0 Å². The van der Waals surface area contributed by atoms with Crippen LogP contribution in [-0.2, 0) is 14.3 Å². The van der Waals surface area contributed by atoms with Gasteiger partial charge in [0.1, 0.15) is 17.1 Å². The molecule has 1 aromatic heterocycles. The van der Waals surface area contributed by atoms with E-state index >= 15 is 0 Å². The molecule has 0 radical (unpaired) electrons. The summed E-state index contributed by atoms with van der Waals surface area (Å²) in [6, 6.07) is 4.24. The molecule has 2 heterocycles. The minimum Gasteiger partial charge on any atom is -0.466 e. The standard InChI is InChI=1S/C27H34O4/c1-16-4-5-22(30-16)19-15-17-14-18(28)6-10-25(17,2)20-7-11-26(3)21(24(19)20)8-12-27(26)13-9-23(29)31-27/h4-5,14,19-21,24H,6-13,15H2,1-3H3/t19-,20-,21-,24+,25-,26-,27+/m0/s1. The molecule has 1 aliphatic heterocycles. The summed E-state index contributed by atoms with van der Waals surface area (Å²) in [7, 11) is 0. The van der Waals surface area contributed by atoms with Gasteiger partial charge in [0.15, 0.2) is 5.78 Å². The number of aryl methyl sites for hydroxylation is 1. The van der Waals surface area contributed by atoms with Crippen molar-refractivity contribution < 1.29 is 18.7 Å². The smallest absolute Gasteiger partial charge is 0.306 e. The molecule has 166 valence electrons. The Hall–Kier alpha value is -1.84. The lowest BCUT2D eigenvalue weighted by Crippen LogP contribution is -2.56. The molecule has 5 aliphatic rings. The molecule has 1 saturated heterocycles. The number of allylic oxidation sites excluding steroid dienone is 1. The quantitative estimate of drug-likeness (QED) is 0.530. The van der Waals surface area contributed by atoms with Gasteiger partial charge in [0.25, 0.3) is 0 Å². The van der Waals surface area contributed by atoms with Crippen LogP contribution in [0.15, 0.2) is 28.2 Å². The third-order valence-corrected chi connectivity index (χ3v) is 10.5. The zero-order valence-corrected chi connectivity index (χ0v) is 19.0. The fourth-order valence-corrected chi connectivity index (χ4v) is 8.80. The fourth-order valence-electron chi connectivity index (χ4n) is 8.80. The molecular formula is C27H34O4. The molecule has 4 fully saturated rings. The van der Waals surface area contributed by atoms with Crippen LogP contribution in [-0.4, -0.2) is 17.4 Å². The van der Waals surface area contributed by atoms with Crippen LogP contribution >= 0.6 is 0 Å². The van der Waals surface area contributed by atoms with Gasteiger partial charge in [0.05, 0.1) is 0 Å². The van der Waals surface area contributed by atoms with Crippen molar-refractivity contribution in [1.82, 2.24) is 0 Å². The maximum absolute atomic E-state index is 12.4. The van der Waals surface area contributed by atoms with Gasteiger partial charge in [0, 0.05) is 24.2 Å². The maximum Gasteiger partial charge on any atom is 0.306 e. The first-order valence-electron chi connectivity index (χ1n) is 12.3. The third-order valence-electron chi connectivity index (χ3n) is 10.5. The van der Waals surface area contributed by atoms with Crippen molar-refractivity contribution in [2.45, 2.75) is 90.1 Å². The number of ketones is 1. The molecule has 3 saturated carbocycles. The minimum atomic E-state index is -0.261. The molecule has 6 rings (SSSR count). The van der Waals surface area contributed by atoms with E-state index in [0.717, 1.165) is 56.5 Å². The Kier molecular flexibility index (Phi) is 4.06. The number of rotatable bonds is 1. The Morgan fingerprint density at radius 3 is 2.48 bits per heavy atom. The van der Waals surface area contributed by atoms with E-state index in [0.29, 0.717) is 42.3 Å². The molecule has 31 heavy (non-hydrogen) atoms. The SMILES string of the molecule is Cc1ccc([C@@H]2CC3=CC(=O)CC[C@]3(C)[C@H]3CC[C@@]4(C)[C@@H](CC[C@@]45CCC(=O)O5)[C@H]23)o1. The second kappa shape index (κ2) is 6.36. The number of fused-ring (bicyclic) bond motifs is 6. The molecular weight excluding hydrogens is 388 g/mol. The predicted octanol–water partition coefficient (Wildman–Crippen LogP) is 5.89. The number of hydrogen-bond acceptors (Lipinski definition) is 4. The van der Waals surface area contributed by atoms with E-state index in [1.54, 1.807) is 0 Å². The molecule has 7 atom stereocenters. The molecule has 4 nitrogen and oxygen atoms in total. The second-order valence-corrected chi connectivity index (χ2v) is 11.6. The third kappa shape index (κ3) is 2.54. The van der Waals surface area contributed by atoms with Crippen molar-refractivity contribution in [3.63, 3.8) is 0 Å². The van der Waals surface area contributed by atoms with Crippen LogP contribution in [0.3, 0.4) is 0 Å². The van der Waals surface area contributed by atoms with Crippen LogP contribution in [0.5, 0.6) is 0 Å². The maximum atomic E-state index is 12.4. The van der Waals surface area contributed by atoms with Crippen LogP contribution in [0.4, 0.5) is 0 Å². The summed E-state index contributed by atoms with van der Waals surface area (Å²) in [4.78, 5) is 24.5. The molecule has 0 bridgehead atoms. The molecule has 0 amide bonds. The molecule has 1 aromatic rings. The van der Waals surface area contributed by atoms with E-state index in [1.807, 2.05) is 13.0 Å². The number of ether oxygens (including phenoxy) is 1. The highest BCUT2D eigenvalue weighted by molar-refractivity contribution is 5.91. The van der Waals surface area contributed by atoms with Gasteiger partial charge < -0.3 is 9.15 Å². The van der Waals surface area contributed by atoms with Crippen molar-refractivity contribution in [3.05, 3.63) is 35.3 Å². The van der Waals surface area contributed by atoms with Gasteiger partial charge in [0.2, 0.25) is 0 Å². The Morgan fingerprint density at radius 1 is 0.968 bits per heavy atom. The molecule has 0 N–H and O–H groups in total. The van der Waals surface area contributed by atoms with Gasteiger partial charge in [-0.2, -0.15) is 0 Å². The molecule has 1 spiro atoms. The first-order chi connectivity index (χ1) is 14.8. The van der Waals surface area contributed by atoms with E-state index in [9.17, 15) is 9.59 Å². The number of furan rings is 1. The zero-order valence-electron chi connectivity index (χ0n) is 19.0. The summed E-state index contributed by atoms with van der Waals surface area (Å²) < 4.78 is 12.4. The highest BCUT2D eigenvalue weighted by Gasteiger charge is 2.68. The van der Waals surface area contributed by atoms with Crippen LogP contribution in [0.1, 0.15) is 89.1 Å². The topological polar surface area (TPSA) is 56.5 Å². The van der Waals surface area contributed by atoms with Crippen LogP contribution in [0.25, 0.3) is 0 Å². The summed E-state index contributed by atoms with van der Waals surface area (Å²) in [5, 5.41) is 0. The Morgan fingerprint density at radius 2 is 1.77 bits per heavy atom. The predicted molar refractivity (Wildman–Crippen MR) is 116 cm³/mol. The summed E-state index contributed by atoms with van der Waals surface area (Å²) >= 11 is 0. The molecule has 0 aromatic carbocycles. The van der Waals surface area contributed by atoms with Gasteiger partial charge in [-0.3, -0.25) is 9.59 Å². The number of esters is 1. The van der Waals surface area contributed by atoms with E-state index in [2.05, 4.69) is 26.0 Å². The van der Waals surface area contributed by atoms with Gasteiger partial charge in [-0.05, 0) is 93.2 Å². The average Bonchev–Trinajstić information content (AvgIpc) is 3.41. The lowest BCUT2D eigenvalue weighted by molar-refractivity contribution is -0.169. The first-order valence-corrected chi connectivity index (χ1v) is 12.3. The summed E-state index contributed by atoms with van der Waals surface area (Å²) in [5.74, 6) is 4.23. The van der Waals surface area contributed by atoms with E-state index < -0.39 is 0 Å². The Balaban J connectivity index is 1.46. The summed E-state index contributed by atoms with van der Waals surface area (Å²) in [6.45, 7) is 6.86. The normalized spacial score (nSPS) is 46.4. The lowest BCUT2D eigenvalue weighted by atomic mass is 9.44. The Bertz CT molecular complexity index is 987. The minimum absolute atomic E-state index is 0.00572. The summed E-state index contributed by atoms with van der Waals surface area (Å²) in [6.07, 6.45) is 10.4. The number of carbonyl (C=O) groups excluding carboxylic acids is 2. The first kappa shape index (κ1) is 19.8. The van der Waals surface area contributed by atoms with E-state index in [4.69, 9.17) is 9.15 Å². The number of carbonyl (C=O) groups is 2. The van der Waals surface area contributed by atoms with Crippen molar-refractivity contribution in [2.24, 2.45) is 28.6 Å². The van der Waals surface area contributed by atoms with Gasteiger partial charge in [-0.15, -0.1) is 0 Å². The van der Waals surface area contributed by atoms with Crippen LogP contribution in [0.2, 0.25) is 0 Å².